The van der Waals surface area contributed by atoms with Crippen molar-refractivity contribution in [3.05, 3.63) is 35.4 Å². The van der Waals surface area contributed by atoms with Crippen LogP contribution in [0, 0.1) is 11.8 Å². The van der Waals surface area contributed by atoms with Crippen molar-refractivity contribution in [2.24, 2.45) is 11.8 Å². The van der Waals surface area contributed by atoms with E-state index < -0.39 is 11.7 Å². The van der Waals surface area contributed by atoms with Gasteiger partial charge in [-0.15, -0.1) is 0 Å². The molecule has 0 aliphatic heterocycles. The van der Waals surface area contributed by atoms with Crippen LogP contribution in [-0.4, -0.2) is 0 Å². The second kappa shape index (κ2) is 4.35. The molecule has 3 atom stereocenters. The van der Waals surface area contributed by atoms with Gasteiger partial charge < -0.3 is 0 Å². The molecule has 1 saturated carbocycles. The van der Waals surface area contributed by atoms with Gasteiger partial charge in [0.2, 0.25) is 0 Å². The summed E-state index contributed by atoms with van der Waals surface area (Å²) in [6.45, 7) is 4.36. The maximum atomic E-state index is 12.6. The summed E-state index contributed by atoms with van der Waals surface area (Å²) < 4.78 is 37.8. The second-order valence-corrected chi connectivity index (χ2v) is 5.25. The van der Waals surface area contributed by atoms with Crippen molar-refractivity contribution in [2.75, 3.05) is 0 Å². The van der Waals surface area contributed by atoms with E-state index in [0.717, 1.165) is 24.5 Å². The Morgan fingerprint density at radius 2 is 1.65 bits per heavy atom. The first-order chi connectivity index (χ1) is 7.88. The number of halogens is 3. The third-order valence-corrected chi connectivity index (χ3v) is 3.97. The molecule has 3 heteroatoms. The van der Waals surface area contributed by atoms with Gasteiger partial charge in [-0.05, 0) is 42.2 Å². The van der Waals surface area contributed by atoms with Crippen molar-refractivity contribution >= 4 is 0 Å². The highest BCUT2D eigenvalue weighted by Gasteiger charge is 2.33. The number of benzene rings is 1. The van der Waals surface area contributed by atoms with Gasteiger partial charge in [0.25, 0.3) is 0 Å². The molecule has 0 aromatic heterocycles. The van der Waals surface area contributed by atoms with Gasteiger partial charge in [-0.3, -0.25) is 0 Å². The van der Waals surface area contributed by atoms with E-state index in [1.807, 2.05) is 6.07 Å². The molecule has 0 saturated heterocycles. The van der Waals surface area contributed by atoms with E-state index >= 15 is 0 Å². The van der Waals surface area contributed by atoms with E-state index in [9.17, 15) is 13.2 Å². The standard InChI is InChI=1S/C14H17F3/c1-9-6-12(7-10(9)2)11-4-3-5-13(8-11)14(15,16)17/h3-5,8-10,12H,6-7H2,1-2H3/t9-,10+,12+. The molecule has 0 heterocycles. The third-order valence-electron chi connectivity index (χ3n) is 3.97. The lowest BCUT2D eigenvalue weighted by Gasteiger charge is -2.13. The van der Waals surface area contributed by atoms with Gasteiger partial charge in [0.05, 0.1) is 5.56 Å². The molecular weight excluding hydrogens is 225 g/mol. The minimum absolute atomic E-state index is 0.294. The summed E-state index contributed by atoms with van der Waals surface area (Å²) in [6.07, 6.45) is -2.23. The van der Waals surface area contributed by atoms with Crippen LogP contribution in [0.15, 0.2) is 24.3 Å². The smallest absolute Gasteiger partial charge is 0.166 e. The van der Waals surface area contributed by atoms with Gasteiger partial charge in [-0.25, -0.2) is 0 Å². The highest BCUT2D eigenvalue weighted by molar-refractivity contribution is 5.29. The minimum Gasteiger partial charge on any atom is -0.166 e. The predicted octanol–water partition coefficient (Wildman–Crippen LogP) is 4.86. The summed E-state index contributed by atoms with van der Waals surface area (Å²) in [5, 5.41) is 0. The van der Waals surface area contributed by atoms with Crippen LogP contribution in [-0.2, 0) is 6.18 Å². The van der Waals surface area contributed by atoms with Gasteiger partial charge in [-0.1, -0.05) is 32.0 Å². The number of hydrogen-bond donors (Lipinski definition) is 0. The Labute approximate surface area is 99.8 Å². The van der Waals surface area contributed by atoms with Gasteiger partial charge in [0.1, 0.15) is 0 Å². The molecule has 0 amide bonds. The molecule has 1 aromatic carbocycles. The van der Waals surface area contributed by atoms with Crippen LogP contribution in [0.25, 0.3) is 0 Å². The van der Waals surface area contributed by atoms with Gasteiger partial charge in [0, 0.05) is 0 Å². The number of alkyl halides is 3. The van der Waals surface area contributed by atoms with Crippen LogP contribution in [0.2, 0.25) is 0 Å². The molecule has 0 unspecified atom stereocenters. The quantitative estimate of drug-likeness (QED) is 0.660. The zero-order chi connectivity index (χ0) is 12.6. The van der Waals surface area contributed by atoms with Crippen LogP contribution in [0.1, 0.15) is 43.7 Å². The monoisotopic (exact) mass is 242 g/mol. The molecular formula is C14H17F3. The molecule has 0 N–H and O–H groups in total. The van der Waals surface area contributed by atoms with E-state index in [0.29, 0.717) is 17.8 Å². The highest BCUT2D eigenvalue weighted by Crippen LogP contribution is 2.42. The first kappa shape index (κ1) is 12.5. The van der Waals surface area contributed by atoms with E-state index in [4.69, 9.17) is 0 Å². The fourth-order valence-electron chi connectivity index (χ4n) is 2.70. The summed E-state index contributed by atoms with van der Waals surface area (Å²) in [4.78, 5) is 0. The van der Waals surface area contributed by atoms with E-state index in [-0.39, 0.29) is 0 Å². The lowest BCUT2D eigenvalue weighted by atomic mass is 9.95. The normalized spacial score (nSPS) is 29.6. The Bertz CT molecular complexity index is 385. The Balaban J connectivity index is 2.23. The Hall–Kier alpha value is -0.990. The molecule has 0 nitrogen and oxygen atoms in total. The van der Waals surface area contributed by atoms with Crippen LogP contribution in [0.3, 0.4) is 0 Å². The van der Waals surface area contributed by atoms with Crippen molar-refractivity contribution in [3.63, 3.8) is 0 Å². The maximum Gasteiger partial charge on any atom is 0.416 e. The van der Waals surface area contributed by atoms with Gasteiger partial charge in [-0.2, -0.15) is 13.2 Å². The fourth-order valence-corrected chi connectivity index (χ4v) is 2.70. The Morgan fingerprint density at radius 1 is 1.06 bits per heavy atom. The van der Waals surface area contributed by atoms with Gasteiger partial charge in [0.15, 0.2) is 0 Å². The maximum absolute atomic E-state index is 12.6. The van der Waals surface area contributed by atoms with Crippen LogP contribution < -0.4 is 0 Å². The summed E-state index contributed by atoms with van der Waals surface area (Å²) >= 11 is 0. The summed E-state index contributed by atoms with van der Waals surface area (Å²) in [5.74, 6) is 1.51. The average molecular weight is 242 g/mol. The van der Waals surface area contributed by atoms with Crippen LogP contribution >= 0.6 is 0 Å². The van der Waals surface area contributed by atoms with Crippen LogP contribution in [0.5, 0.6) is 0 Å². The Morgan fingerprint density at radius 3 is 2.18 bits per heavy atom. The van der Waals surface area contributed by atoms with E-state index in [2.05, 4.69) is 13.8 Å². The minimum atomic E-state index is -4.23. The summed E-state index contributed by atoms with van der Waals surface area (Å²) in [6, 6.07) is 5.80. The molecule has 0 spiro atoms. The molecule has 0 bridgehead atoms. The zero-order valence-corrected chi connectivity index (χ0v) is 10.1. The molecule has 1 aliphatic rings. The number of hydrogen-bond acceptors (Lipinski definition) is 0. The third kappa shape index (κ3) is 2.64. The topological polar surface area (TPSA) is 0 Å². The summed E-state index contributed by atoms with van der Waals surface area (Å²) in [5.41, 5.74) is 0.318. The first-order valence-electron chi connectivity index (χ1n) is 6.05. The highest BCUT2D eigenvalue weighted by atomic mass is 19.4. The van der Waals surface area contributed by atoms with Crippen molar-refractivity contribution in [2.45, 2.75) is 38.8 Å². The molecule has 0 radical (unpaired) electrons. The summed E-state index contributed by atoms with van der Waals surface area (Å²) in [7, 11) is 0. The first-order valence-corrected chi connectivity index (χ1v) is 6.05. The van der Waals surface area contributed by atoms with Gasteiger partial charge >= 0.3 is 6.18 Å². The number of rotatable bonds is 1. The van der Waals surface area contributed by atoms with Crippen molar-refractivity contribution in [1.29, 1.82) is 0 Å². The van der Waals surface area contributed by atoms with Crippen LogP contribution in [0.4, 0.5) is 13.2 Å². The predicted molar refractivity (Wildman–Crippen MR) is 61.7 cm³/mol. The zero-order valence-electron chi connectivity index (χ0n) is 10.1. The molecule has 94 valence electrons. The SMILES string of the molecule is C[C@@H]1C[C@H](c2cccc(C(F)(F)F)c2)C[C@@H]1C. The molecule has 1 aromatic rings. The second-order valence-electron chi connectivity index (χ2n) is 5.25. The fraction of sp³-hybridized carbons (Fsp3) is 0.571. The molecule has 1 fully saturated rings. The Kier molecular flexibility index (Phi) is 3.19. The largest absolute Gasteiger partial charge is 0.416 e. The lowest BCUT2D eigenvalue weighted by Crippen LogP contribution is -2.06. The molecule has 1 aliphatic carbocycles. The average Bonchev–Trinajstić information content (AvgIpc) is 2.58. The van der Waals surface area contributed by atoms with E-state index in [1.165, 1.54) is 12.1 Å². The molecule has 17 heavy (non-hydrogen) atoms. The van der Waals surface area contributed by atoms with Crippen molar-refractivity contribution in [3.8, 4) is 0 Å². The van der Waals surface area contributed by atoms with Crippen molar-refractivity contribution in [1.82, 2.24) is 0 Å². The lowest BCUT2D eigenvalue weighted by molar-refractivity contribution is -0.137. The molecule has 2 rings (SSSR count). The van der Waals surface area contributed by atoms with E-state index in [1.54, 1.807) is 0 Å². The van der Waals surface area contributed by atoms with Crippen molar-refractivity contribution < 1.29 is 13.2 Å².